The molecule has 0 radical (unpaired) electrons. The van der Waals surface area contributed by atoms with Crippen molar-refractivity contribution in [2.45, 2.75) is 6.92 Å². The minimum atomic E-state index is -0.356. The van der Waals surface area contributed by atoms with E-state index < -0.39 is 0 Å². The Labute approximate surface area is 118 Å². The molecular formula is C13H11IN2O2. The molecule has 0 saturated carbocycles. The third-order valence-electron chi connectivity index (χ3n) is 2.24. The summed E-state index contributed by atoms with van der Waals surface area (Å²) in [7, 11) is 0. The number of hydrazone groups is 1. The van der Waals surface area contributed by atoms with Crippen LogP contribution in [-0.2, 0) is 0 Å². The molecule has 0 bridgehead atoms. The SMILES string of the molecule is Cc1ccc(C(=O)N/N=C\c2ccccc2I)o1. The monoisotopic (exact) mass is 354 g/mol. The third kappa shape index (κ3) is 3.19. The molecule has 1 amide bonds. The van der Waals surface area contributed by atoms with Crippen LogP contribution in [0.1, 0.15) is 21.9 Å². The smallest absolute Gasteiger partial charge is 0.307 e. The topological polar surface area (TPSA) is 54.6 Å². The summed E-state index contributed by atoms with van der Waals surface area (Å²) < 4.78 is 6.26. The Hall–Kier alpha value is -1.63. The molecule has 4 nitrogen and oxygen atoms in total. The van der Waals surface area contributed by atoms with Crippen LogP contribution >= 0.6 is 22.6 Å². The molecule has 92 valence electrons. The molecule has 18 heavy (non-hydrogen) atoms. The van der Waals surface area contributed by atoms with Gasteiger partial charge in [-0.1, -0.05) is 18.2 Å². The van der Waals surface area contributed by atoms with Crippen molar-refractivity contribution in [3.05, 3.63) is 57.1 Å². The highest BCUT2D eigenvalue weighted by atomic mass is 127. The number of amides is 1. The average Bonchev–Trinajstić information content (AvgIpc) is 2.78. The highest BCUT2D eigenvalue weighted by Gasteiger charge is 2.07. The van der Waals surface area contributed by atoms with E-state index >= 15 is 0 Å². The van der Waals surface area contributed by atoms with E-state index in [9.17, 15) is 4.79 Å². The van der Waals surface area contributed by atoms with Crippen LogP contribution in [-0.4, -0.2) is 12.1 Å². The maximum Gasteiger partial charge on any atom is 0.307 e. The first kappa shape index (κ1) is 12.8. The van der Waals surface area contributed by atoms with Crippen LogP contribution in [0.4, 0.5) is 0 Å². The van der Waals surface area contributed by atoms with Crippen LogP contribution in [0, 0.1) is 10.5 Å². The van der Waals surface area contributed by atoms with Gasteiger partial charge in [0.05, 0.1) is 6.21 Å². The van der Waals surface area contributed by atoms with Crippen molar-refractivity contribution in [3.8, 4) is 0 Å². The summed E-state index contributed by atoms with van der Waals surface area (Å²) in [6.45, 7) is 1.78. The number of carbonyl (C=O) groups is 1. The molecule has 0 aliphatic carbocycles. The van der Waals surface area contributed by atoms with Gasteiger partial charge in [0.15, 0.2) is 5.76 Å². The predicted octanol–water partition coefficient (Wildman–Crippen LogP) is 2.96. The lowest BCUT2D eigenvalue weighted by Crippen LogP contribution is -2.16. The Kier molecular flexibility index (Phi) is 4.14. The quantitative estimate of drug-likeness (QED) is 0.524. The molecule has 2 aromatic rings. The first-order valence-electron chi connectivity index (χ1n) is 5.31. The zero-order valence-electron chi connectivity index (χ0n) is 9.68. The first-order chi connectivity index (χ1) is 8.66. The van der Waals surface area contributed by atoms with Gasteiger partial charge in [-0.2, -0.15) is 5.10 Å². The van der Waals surface area contributed by atoms with Crippen LogP contribution in [0.15, 0.2) is 45.9 Å². The number of hydrogen-bond acceptors (Lipinski definition) is 3. The van der Waals surface area contributed by atoms with Crippen LogP contribution in [0.25, 0.3) is 0 Å². The largest absolute Gasteiger partial charge is 0.456 e. The van der Waals surface area contributed by atoms with E-state index in [4.69, 9.17) is 4.42 Å². The number of halogens is 1. The number of furan rings is 1. The Balaban J connectivity index is 2.00. The van der Waals surface area contributed by atoms with Gasteiger partial charge in [-0.25, -0.2) is 5.43 Å². The molecular weight excluding hydrogens is 343 g/mol. The lowest BCUT2D eigenvalue weighted by Gasteiger charge is -1.97. The summed E-state index contributed by atoms with van der Waals surface area (Å²) in [5.74, 6) is 0.597. The van der Waals surface area contributed by atoms with Gasteiger partial charge in [0.2, 0.25) is 0 Å². The van der Waals surface area contributed by atoms with E-state index in [1.165, 1.54) is 0 Å². The lowest BCUT2D eigenvalue weighted by atomic mass is 10.2. The van der Waals surface area contributed by atoms with Crippen LogP contribution in [0.5, 0.6) is 0 Å². The number of rotatable bonds is 3. The van der Waals surface area contributed by atoms with Crippen LogP contribution in [0.3, 0.4) is 0 Å². The molecule has 1 N–H and O–H groups in total. The van der Waals surface area contributed by atoms with Gasteiger partial charge in [0.25, 0.3) is 0 Å². The van der Waals surface area contributed by atoms with E-state index in [-0.39, 0.29) is 11.7 Å². The molecule has 1 aromatic carbocycles. The Bertz CT molecular complexity index is 590. The van der Waals surface area contributed by atoms with Crippen molar-refractivity contribution in [1.82, 2.24) is 5.43 Å². The normalized spacial score (nSPS) is 10.8. The fourth-order valence-electron chi connectivity index (χ4n) is 1.35. The van der Waals surface area contributed by atoms with Crippen molar-refractivity contribution >= 4 is 34.7 Å². The summed E-state index contributed by atoms with van der Waals surface area (Å²) in [5, 5.41) is 3.90. The molecule has 5 heteroatoms. The van der Waals surface area contributed by atoms with Gasteiger partial charge in [-0.05, 0) is 47.7 Å². The highest BCUT2D eigenvalue weighted by molar-refractivity contribution is 14.1. The van der Waals surface area contributed by atoms with Crippen molar-refractivity contribution in [2.24, 2.45) is 5.10 Å². The highest BCUT2D eigenvalue weighted by Crippen LogP contribution is 2.09. The maximum absolute atomic E-state index is 11.6. The molecule has 0 aliphatic rings. The summed E-state index contributed by atoms with van der Waals surface area (Å²) in [6.07, 6.45) is 1.61. The van der Waals surface area contributed by atoms with Gasteiger partial charge < -0.3 is 4.42 Å². The minimum absolute atomic E-state index is 0.257. The second-order valence-corrected chi connectivity index (χ2v) is 4.79. The van der Waals surface area contributed by atoms with Gasteiger partial charge >= 0.3 is 5.91 Å². The number of nitrogens with one attached hydrogen (secondary N) is 1. The van der Waals surface area contributed by atoms with Crippen molar-refractivity contribution in [3.63, 3.8) is 0 Å². The number of benzene rings is 1. The number of nitrogens with zero attached hydrogens (tertiary/aromatic N) is 1. The molecule has 1 heterocycles. The molecule has 0 atom stereocenters. The third-order valence-corrected chi connectivity index (χ3v) is 3.22. The fraction of sp³-hybridized carbons (Fsp3) is 0.0769. The maximum atomic E-state index is 11.6. The number of carbonyl (C=O) groups excluding carboxylic acids is 1. The number of aryl methyl sites for hydroxylation is 1. The molecule has 0 aliphatic heterocycles. The molecule has 2 rings (SSSR count). The van der Waals surface area contributed by atoms with Gasteiger partial charge in [0.1, 0.15) is 5.76 Å². The summed E-state index contributed by atoms with van der Waals surface area (Å²) in [4.78, 5) is 11.6. The second kappa shape index (κ2) is 5.81. The zero-order chi connectivity index (χ0) is 13.0. The lowest BCUT2D eigenvalue weighted by molar-refractivity contribution is 0.0926. The first-order valence-corrected chi connectivity index (χ1v) is 6.39. The molecule has 0 spiro atoms. The second-order valence-electron chi connectivity index (χ2n) is 3.63. The number of hydrogen-bond donors (Lipinski definition) is 1. The Morgan fingerprint density at radius 3 is 2.78 bits per heavy atom. The summed E-state index contributed by atoms with van der Waals surface area (Å²) in [5.41, 5.74) is 3.37. The van der Waals surface area contributed by atoms with Crippen LogP contribution in [0.2, 0.25) is 0 Å². The van der Waals surface area contributed by atoms with Gasteiger partial charge in [-0.3, -0.25) is 4.79 Å². The van der Waals surface area contributed by atoms with Crippen molar-refractivity contribution < 1.29 is 9.21 Å². The fourth-order valence-corrected chi connectivity index (χ4v) is 1.88. The molecule has 0 saturated heterocycles. The van der Waals surface area contributed by atoms with E-state index in [1.807, 2.05) is 24.3 Å². The van der Waals surface area contributed by atoms with E-state index in [1.54, 1.807) is 25.3 Å². The van der Waals surface area contributed by atoms with E-state index in [0.717, 1.165) is 9.13 Å². The Morgan fingerprint density at radius 1 is 1.33 bits per heavy atom. The van der Waals surface area contributed by atoms with Crippen LogP contribution < -0.4 is 5.43 Å². The zero-order valence-corrected chi connectivity index (χ0v) is 11.8. The summed E-state index contributed by atoms with van der Waals surface area (Å²) >= 11 is 2.21. The summed E-state index contributed by atoms with van der Waals surface area (Å²) in [6, 6.07) is 11.1. The minimum Gasteiger partial charge on any atom is -0.456 e. The van der Waals surface area contributed by atoms with E-state index in [2.05, 4.69) is 33.1 Å². The molecule has 1 aromatic heterocycles. The molecule has 0 unspecified atom stereocenters. The van der Waals surface area contributed by atoms with Gasteiger partial charge in [-0.15, -0.1) is 0 Å². The predicted molar refractivity (Wildman–Crippen MR) is 77.7 cm³/mol. The Morgan fingerprint density at radius 2 is 2.11 bits per heavy atom. The average molecular weight is 354 g/mol. The van der Waals surface area contributed by atoms with Gasteiger partial charge in [0, 0.05) is 9.13 Å². The standard InChI is InChI=1S/C13H11IN2O2/c1-9-6-7-12(18-9)13(17)16-15-8-10-4-2-3-5-11(10)14/h2-8H,1H3,(H,16,17)/b15-8-. The van der Waals surface area contributed by atoms with Crippen molar-refractivity contribution in [1.29, 1.82) is 0 Å². The van der Waals surface area contributed by atoms with E-state index in [0.29, 0.717) is 5.76 Å². The molecule has 0 fully saturated rings. The van der Waals surface area contributed by atoms with Crippen molar-refractivity contribution in [2.75, 3.05) is 0 Å².